The van der Waals surface area contributed by atoms with E-state index in [1.165, 1.54) is 22.1 Å². The monoisotopic (exact) mass is 496 g/mol. The number of benzene rings is 1. The van der Waals surface area contributed by atoms with Gasteiger partial charge in [0.05, 0.1) is 17.1 Å². The molecule has 4 rings (SSSR count). The summed E-state index contributed by atoms with van der Waals surface area (Å²) in [7, 11) is -1.80. The first-order chi connectivity index (χ1) is 15.4. The lowest BCUT2D eigenvalue weighted by atomic mass is 9.96. The molecule has 1 aromatic carbocycles. The number of nitrogens with zero attached hydrogens (tertiary/aromatic N) is 4. The maximum absolute atomic E-state index is 13.0. The fourth-order valence-corrected chi connectivity index (χ4v) is 7.11. The highest BCUT2D eigenvalue weighted by molar-refractivity contribution is 7.86. The minimum Gasteiger partial charge on any atom is -0.340 e. The Morgan fingerprint density at radius 1 is 1.16 bits per heavy atom. The minimum absolute atomic E-state index is 0.0290. The van der Waals surface area contributed by atoms with E-state index in [1.54, 1.807) is 16.3 Å². The van der Waals surface area contributed by atoms with Crippen LogP contribution in [0.1, 0.15) is 37.8 Å². The molecule has 10 heteroatoms. The molecule has 2 aliphatic rings. The number of amides is 1. The molecular formula is C22H29ClN4O3S2. The van der Waals surface area contributed by atoms with Gasteiger partial charge in [0.15, 0.2) is 0 Å². The zero-order valence-electron chi connectivity index (χ0n) is 18.2. The number of piperazine rings is 1. The van der Waals surface area contributed by atoms with E-state index in [4.69, 9.17) is 11.6 Å². The predicted octanol–water partition coefficient (Wildman–Crippen LogP) is 3.66. The number of rotatable bonds is 6. The van der Waals surface area contributed by atoms with E-state index in [0.717, 1.165) is 36.3 Å². The normalized spacial score (nSPS) is 18.9. The number of hydrogen-bond acceptors (Lipinski definition) is 5. The molecule has 1 aliphatic carbocycles. The van der Waals surface area contributed by atoms with Crippen LogP contribution in [0.4, 0.5) is 0 Å². The van der Waals surface area contributed by atoms with Crippen LogP contribution in [0, 0.1) is 0 Å². The van der Waals surface area contributed by atoms with Gasteiger partial charge >= 0.3 is 0 Å². The Bertz CT molecular complexity index is 1040. The second-order valence-corrected chi connectivity index (χ2v) is 11.6. The van der Waals surface area contributed by atoms with Crippen molar-refractivity contribution in [2.24, 2.45) is 0 Å². The molecule has 0 bridgehead atoms. The zero-order valence-corrected chi connectivity index (χ0v) is 20.6. The molecule has 174 valence electrons. The van der Waals surface area contributed by atoms with Crippen LogP contribution in [0.3, 0.4) is 0 Å². The van der Waals surface area contributed by atoms with Crippen LogP contribution in [0.5, 0.6) is 0 Å². The average molecular weight is 497 g/mol. The van der Waals surface area contributed by atoms with Crippen molar-refractivity contribution in [1.29, 1.82) is 0 Å². The third kappa shape index (κ3) is 5.17. The van der Waals surface area contributed by atoms with Gasteiger partial charge in [-0.3, -0.25) is 4.79 Å². The first-order valence-corrected chi connectivity index (χ1v) is 13.7. The van der Waals surface area contributed by atoms with Crippen molar-refractivity contribution in [2.75, 3.05) is 33.2 Å². The lowest BCUT2D eigenvalue weighted by Crippen LogP contribution is -2.55. The molecule has 0 spiro atoms. The summed E-state index contributed by atoms with van der Waals surface area (Å²) in [6, 6.07) is 7.60. The van der Waals surface area contributed by atoms with E-state index in [2.05, 4.69) is 4.98 Å². The topological polar surface area (TPSA) is 73.8 Å². The third-order valence-corrected chi connectivity index (χ3v) is 9.66. The predicted molar refractivity (Wildman–Crippen MR) is 128 cm³/mol. The van der Waals surface area contributed by atoms with Gasteiger partial charge in [0.25, 0.3) is 10.2 Å². The number of thiazole rings is 1. The molecule has 7 nitrogen and oxygen atoms in total. The van der Waals surface area contributed by atoms with Crippen LogP contribution in [0.15, 0.2) is 29.6 Å². The fourth-order valence-electron chi connectivity index (χ4n) is 4.40. The van der Waals surface area contributed by atoms with Crippen molar-refractivity contribution in [2.45, 2.75) is 44.6 Å². The standard InChI is InChI=1S/C22H29ClN4O3S2/c1-25(18-7-3-2-4-8-18)32(29,30)27-13-11-26(12-14-27)21(28)15-17-16-31-22(24-17)19-9-5-6-10-20(19)23/h5-6,9-10,16,18H,2-4,7-8,11-15H2,1H3. The molecule has 0 N–H and O–H groups in total. The van der Waals surface area contributed by atoms with Crippen LogP contribution in [0.25, 0.3) is 10.6 Å². The fraction of sp³-hybridized carbons (Fsp3) is 0.545. The molecule has 1 saturated heterocycles. The Morgan fingerprint density at radius 3 is 2.53 bits per heavy atom. The number of aromatic nitrogens is 1. The van der Waals surface area contributed by atoms with E-state index in [-0.39, 0.29) is 18.4 Å². The number of halogens is 1. The first kappa shape index (κ1) is 23.6. The van der Waals surface area contributed by atoms with E-state index in [1.807, 2.05) is 29.6 Å². The van der Waals surface area contributed by atoms with E-state index in [9.17, 15) is 13.2 Å². The maximum atomic E-state index is 13.0. The molecule has 1 saturated carbocycles. The Hall–Kier alpha value is -1.52. The Labute approximate surface area is 199 Å². The maximum Gasteiger partial charge on any atom is 0.282 e. The molecule has 1 amide bonds. The quantitative estimate of drug-likeness (QED) is 0.611. The highest BCUT2D eigenvalue weighted by Crippen LogP contribution is 2.30. The van der Waals surface area contributed by atoms with Crippen molar-refractivity contribution >= 4 is 39.1 Å². The van der Waals surface area contributed by atoms with Gasteiger partial charge in [-0.25, -0.2) is 4.98 Å². The summed E-state index contributed by atoms with van der Waals surface area (Å²) < 4.78 is 29.2. The Balaban J connectivity index is 1.32. The second-order valence-electron chi connectivity index (χ2n) is 8.40. The smallest absolute Gasteiger partial charge is 0.282 e. The molecule has 0 atom stereocenters. The summed E-state index contributed by atoms with van der Waals surface area (Å²) in [6.45, 7) is 1.45. The van der Waals surface area contributed by atoms with Crippen molar-refractivity contribution < 1.29 is 13.2 Å². The number of hydrogen-bond donors (Lipinski definition) is 0. The molecule has 2 heterocycles. The number of carbonyl (C=O) groups is 1. The van der Waals surface area contributed by atoms with Gasteiger partial charge in [0.2, 0.25) is 5.91 Å². The average Bonchev–Trinajstić information content (AvgIpc) is 3.27. The van der Waals surface area contributed by atoms with Crippen molar-refractivity contribution in [3.05, 3.63) is 40.4 Å². The molecule has 0 unspecified atom stereocenters. The molecule has 32 heavy (non-hydrogen) atoms. The SMILES string of the molecule is CN(C1CCCCC1)S(=O)(=O)N1CCN(C(=O)Cc2csc(-c3ccccc3Cl)n2)CC1. The van der Waals surface area contributed by atoms with Gasteiger partial charge in [0.1, 0.15) is 5.01 Å². The second kappa shape index (κ2) is 10.2. The molecule has 2 fully saturated rings. The zero-order chi connectivity index (χ0) is 22.7. The van der Waals surface area contributed by atoms with Gasteiger partial charge in [-0.1, -0.05) is 49.1 Å². The van der Waals surface area contributed by atoms with Crippen molar-refractivity contribution in [3.63, 3.8) is 0 Å². The summed E-state index contributed by atoms with van der Waals surface area (Å²) in [5, 5.41) is 3.31. The summed E-state index contributed by atoms with van der Waals surface area (Å²) in [5.41, 5.74) is 1.57. The minimum atomic E-state index is -3.50. The van der Waals surface area contributed by atoms with Crippen LogP contribution < -0.4 is 0 Å². The van der Waals surface area contributed by atoms with E-state index in [0.29, 0.717) is 36.9 Å². The largest absolute Gasteiger partial charge is 0.340 e. The van der Waals surface area contributed by atoms with Crippen LogP contribution in [0.2, 0.25) is 5.02 Å². The molecule has 1 aromatic heterocycles. The molecule has 2 aromatic rings. The third-order valence-electron chi connectivity index (χ3n) is 6.36. The van der Waals surface area contributed by atoms with Gasteiger partial charge < -0.3 is 4.90 Å². The van der Waals surface area contributed by atoms with Crippen LogP contribution in [-0.4, -0.2) is 72.1 Å². The summed E-state index contributed by atoms with van der Waals surface area (Å²) >= 11 is 7.72. The number of carbonyl (C=O) groups excluding carboxylic acids is 1. The van der Waals surface area contributed by atoms with Gasteiger partial charge in [0, 0.05) is 50.2 Å². The van der Waals surface area contributed by atoms with Crippen molar-refractivity contribution in [3.8, 4) is 10.6 Å². The van der Waals surface area contributed by atoms with Gasteiger partial charge in [-0.05, 0) is 18.9 Å². The lowest BCUT2D eigenvalue weighted by Gasteiger charge is -2.38. The van der Waals surface area contributed by atoms with Crippen LogP contribution in [-0.2, 0) is 21.4 Å². The Kier molecular flexibility index (Phi) is 7.51. The molecule has 0 radical (unpaired) electrons. The molecular weight excluding hydrogens is 468 g/mol. The highest BCUT2D eigenvalue weighted by atomic mass is 35.5. The van der Waals surface area contributed by atoms with Gasteiger partial charge in [-0.15, -0.1) is 11.3 Å². The lowest BCUT2D eigenvalue weighted by molar-refractivity contribution is -0.131. The molecule has 1 aliphatic heterocycles. The summed E-state index contributed by atoms with van der Waals surface area (Å²) in [6.07, 6.45) is 5.42. The van der Waals surface area contributed by atoms with E-state index >= 15 is 0 Å². The highest BCUT2D eigenvalue weighted by Gasteiger charge is 2.35. The Morgan fingerprint density at radius 2 is 1.84 bits per heavy atom. The van der Waals surface area contributed by atoms with Crippen LogP contribution >= 0.6 is 22.9 Å². The summed E-state index contributed by atoms with van der Waals surface area (Å²) in [4.78, 5) is 19.1. The summed E-state index contributed by atoms with van der Waals surface area (Å²) in [5.74, 6) is -0.0290. The first-order valence-electron chi connectivity index (χ1n) is 11.1. The van der Waals surface area contributed by atoms with E-state index < -0.39 is 10.2 Å². The van der Waals surface area contributed by atoms with Crippen molar-refractivity contribution in [1.82, 2.24) is 18.5 Å². The van der Waals surface area contributed by atoms with Gasteiger partial charge in [-0.2, -0.15) is 17.0 Å².